The number of nitrogens with one attached hydrogen (secondary N) is 1. The zero-order valence-electron chi connectivity index (χ0n) is 20.8. The molecule has 5 aromatic rings. The van der Waals surface area contributed by atoms with Crippen molar-refractivity contribution >= 4 is 38.0 Å². The molecule has 0 fully saturated rings. The lowest BCUT2D eigenvalue weighted by Crippen LogP contribution is -2.37. The lowest BCUT2D eigenvalue weighted by molar-refractivity contribution is -0.200. The van der Waals surface area contributed by atoms with Gasteiger partial charge in [-0.1, -0.05) is 18.2 Å². The number of carbonyl (C=O) groups is 1. The maximum absolute atomic E-state index is 13.5. The summed E-state index contributed by atoms with van der Waals surface area (Å²) in [6.45, 7) is 2.05. The summed E-state index contributed by atoms with van der Waals surface area (Å²) < 4.78 is 70.9. The Morgan fingerprint density at radius 3 is 2.54 bits per heavy atom. The first-order valence-electron chi connectivity index (χ1n) is 11.6. The number of aromatic nitrogens is 3. The second-order valence-corrected chi connectivity index (χ2v) is 11.4. The van der Waals surface area contributed by atoms with E-state index >= 15 is 0 Å². The van der Waals surface area contributed by atoms with Gasteiger partial charge in [0.05, 0.1) is 20.2 Å². The van der Waals surface area contributed by atoms with Crippen LogP contribution in [0.25, 0.3) is 21.5 Å². The third-order valence-corrected chi connectivity index (χ3v) is 8.70. The van der Waals surface area contributed by atoms with E-state index in [4.69, 9.17) is 4.74 Å². The molecule has 0 saturated carbocycles. The number of fused-ring (bicyclic) bond motifs is 1. The number of halogens is 3. The second kappa shape index (κ2) is 10.4. The Morgan fingerprint density at radius 1 is 1.12 bits per heavy atom. The monoisotopic (exact) mass is 605 g/mol. The van der Waals surface area contributed by atoms with Crippen molar-refractivity contribution in [2.75, 3.05) is 0 Å². The van der Waals surface area contributed by atoms with Crippen LogP contribution in [0.2, 0.25) is 0 Å². The first-order valence-corrected chi connectivity index (χ1v) is 14.0. The number of hydrogen-bond donors (Lipinski definition) is 2. The normalized spacial score (nSPS) is 12.0. The molecule has 3 aromatic heterocycles. The van der Waals surface area contributed by atoms with Gasteiger partial charge in [-0.3, -0.25) is 9.97 Å². The molecule has 10 nitrogen and oxygen atoms in total. The van der Waals surface area contributed by atoms with Crippen LogP contribution in [-0.4, -0.2) is 40.4 Å². The molecular weight excluding hydrogens is 587 g/mol. The molecule has 0 unspecified atom stereocenters. The summed E-state index contributed by atoms with van der Waals surface area (Å²) in [5.41, 5.74) is 0.316. The number of pyridine rings is 1. The van der Waals surface area contributed by atoms with Crippen LogP contribution in [-0.2, 0) is 21.2 Å². The molecule has 15 heteroatoms. The molecule has 0 saturated heterocycles. The predicted octanol–water partition coefficient (Wildman–Crippen LogP) is 4.40. The van der Waals surface area contributed by atoms with Gasteiger partial charge in [0.15, 0.2) is 5.69 Å². The molecule has 41 heavy (non-hydrogen) atoms. The number of sulfone groups is 1. The van der Waals surface area contributed by atoms with Crippen molar-refractivity contribution in [3.05, 3.63) is 87.8 Å². The van der Waals surface area contributed by atoms with Crippen LogP contribution >= 0.6 is 11.3 Å². The highest BCUT2D eigenvalue weighted by molar-refractivity contribution is 7.91. The highest BCUT2D eigenvalue weighted by Crippen LogP contribution is 2.39. The van der Waals surface area contributed by atoms with Gasteiger partial charge in [0, 0.05) is 16.6 Å². The highest BCUT2D eigenvalue weighted by atomic mass is 32.2. The van der Waals surface area contributed by atoms with Crippen LogP contribution in [0.4, 0.5) is 13.2 Å². The van der Waals surface area contributed by atoms with Crippen LogP contribution in [0, 0.1) is 6.92 Å². The number of hydrogen-bond acceptors (Lipinski definition) is 9. The van der Waals surface area contributed by atoms with E-state index in [0.29, 0.717) is 17.1 Å². The Hall–Kier alpha value is -4.63. The summed E-state index contributed by atoms with van der Waals surface area (Å²) >= 11 is 0.690. The summed E-state index contributed by atoms with van der Waals surface area (Å²) in [6, 6.07) is 16.0. The zero-order valence-corrected chi connectivity index (χ0v) is 22.4. The number of ether oxygens (including phenoxy) is 1. The quantitative estimate of drug-likeness (QED) is 0.278. The minimum absolute atomic E-state index is 0.141. The van der Waals surface area contributed by atoms with E-state index in [9.17, 15) is 36.3 Å². The maximum Gasteiger partial charge on any atom is 0.493 e. The highest BCUT2D eigenvalue weighted by Gasteiger charge is 2.43. The number of aromatic amines is 1. The summed E-state index contributed by atoms with van der Waals surface area (Å²) in [5, 5.41) is 12.4. The Morgan fingerprint density at radius 2 is 1.83 bits per heavy atom. The molecule has 212 valence electrons. The molecule has 0 bridgehead atoms. The Bertz CT molecular complexity index is 1940. The molecule has 2 aromatic carbocycles. The van der Waals surface area contributed by atoms with Crippen molar-refractivity contribution < 1.29 is 41.1 Å². The van der Waals surface area contributed by atoms with Crippen LogP contribution in [0.1, 0.15) is 11.3 Å². The maximum atomic E-state index is 13.5. The van der Waals surface area contributed by atoms with Gasteiger partial charge in [-0.25, -0.2) is 18.0 Å². The van der Waals surface area contributed by atoms with Gasteiger partial charge in [-0.2, -0.15) is 13.2 Å². The lowest BCUT2D eigenvalue weighted by Gasteiger charge is -2.12. The summed E-state index contributed by atoms with van der Waals surface area (Å²) in [7, 11) is -4.33. The average molecular weight is 606 g/mol. The molecular formula is C26H18F3N3O7S2. The van der Waals surface area contributed by atoms with Crippen molar-refractivity contribution in [3.63, 3.8) is 0 Å². The average Bonchev–Trinajstić information content (AvgIpc) is 3.51. The smallest absolute Gasteiger partial charge is 0.493 e. The standard InChI is InChI=1S/C26H18F3N3O7S2/c1-14-12-15(18-4-2-3-5-19(18)30-14)13-38-16-6-8-17(9-7-16)41(36,37)20-10-11-40-22(20)21-23(33)31-25(35)32(21)39-24(34)26(27,28)29/h2-12,33H,13H2,1H3,(H,31,35). The number of alkyl halides is 3. The minimum atomic E-state index is -5.46. The summed E-state index contributed by atoms with van der Waals surface area (Å²) in [4.78, 5) is 32.8. The van der Waals surface area contributed by atoms with E-state index in [1.54, 1.807) is 4.98 Å². The fraction of sp³-hybridized carbons (Fsp3) is 0.115. The Labute approximate surface area is 233 Å². The van der Waals surface area contributed by atoms with Crippen LogP contribution in [0.5, 0.6) is 11.6 Å². The van der Waals surface area contributed by atoms with Gasteiger partial charge in [-0.15, -0.1) is 16.1 Å². The van der Waals surface area contributed by atoms with Gasteiger partial charge >= 0.3 is 17.8 Å². The van der Waals surface area contributed by atoms with Crippen molar-refractivity contribution in [2.45, 2.75) is 29.5 Å². The zero-order chi connectivity index (χ0) is 29.5. The van der Waals surface area contributed by atoms with Gasteiger partial charge in [0.25, 0.3) is 0 Å². The van der Waals surface area contributed by atoms with Gasteiger partial charge < -0.3 is 14.7 Å². The molecule has 5 rings (SSSR count). The molecule has 3 heterocycles. The minimum Gasteiger partial charge on any atom is -0.493 e. The Balaban J connectivity index is 1.42. The van der Waals surface area contributed by atoms with E-state index in [1.165, 1.54) is 29.6 Å². The summed E-state index contributed by atoms with van der Waals surface area (Å²) in [6.07, 6.45) is -5.46. The Kier molecular flexibility index (Phi) is 7.08. The number of thiophene rings is 1. The molecule has 0 spiro atoms. The summed E-state index contributed by atoms with van der Waals surface area (Å²) in [5.74, 6) is -3.37. The van der Waals surface area contributed by atoms with Crippen molar-refractivity contribution in [2.24, 2.45) is 0 Å². The van der Waals surface area contributed by atoms with Crippen LogP contribution in [0.15, 0.2) is 80.6 Å². The predicted molar refractivity (Wildman–Crippen MR) is 140 cm³/mol. The lowest BCUT2D eigenvalue weighted by atomic mass is 10.1. The molecule has 2 N–H and O–H groups in total. The third-order valence-electron chi connectivity index (χ3n) is 5.83. The van der Waals surface area contributed by atoms with Crippen molar-refractivity contribution in [3.8, 4) is 22.2 Å². The van der Waals surface area contributed by atoms with E-state index in [-0.39, 0.29) is 21.1 Å². The fourth-order valence-corrected chi connectivity index (χ4v) is 6.74. The number of para-hydroxylation sites is 1. The SMILES string of the molecule is Cc1cc(COc2ccc(S(=O)(=O)c3ccsc3-c3c(O)[nH]c(=O)n3OC(=O)C(F)(F)F)cc2)c2ccccc2n1. The molecule has 0 aliphatic heterocycles. The van der Waals surface area contributed by atoms with E-state index in [2.05, 4.69) is 9.82 Å². The number of imidazole rings is 1. The number of benzene rings is 2. The topological polar surface area (TPSA) is 141 Å². The number of aryl methyl sites for hydroxylation is 1. The molecule has 0 radical (unpaired) electrons. The fourth-order valence-electron chi connectivity index (χ4n) is 4.03. The van der Waals surface area contributed by atoms with Gasteiger partial charge in [-0.05, 0) is 54.8 Å². The number of nitrogens with zero attached hydrogens (tertiary/aromatic N) is 2. The number of rotatable bonds is 7. The molecule has 0 atom stereocenters. The number of aromatic hydroxyl groups is 1. The second-order valence-electron chi connectivity index (χ2n) is 8.62. The van der Waals surface area contributed by atoms with Crippen LogP contribution < -0.4 is 15.3 Å². The number of H-pyrrole nitrogens is 1. The molecule has 0 aliphatic rings. The number of carbonyl (C=O) groups excluding carboxylic acids is 1. The van der Waals surface area contributed by atoms with E-state index < -0.39 is 44.1 Å². The van der Waals surface area contributed by atoms with Gasteiger partial charge in [0.1, 0.15) is 12.4 Å². The molecule has 0 amide bonds. The first kappa shape index (κ1) is 27.9. The van der Waals surface area contributed by atoms with Gasteiger partial charge in [0.2, 0.25) is 15.7 Å². The van der Waals surface area contributed by atoms with Crippen molar-refractivity contribution in [1.82, 2.24) is 14.7 Å². The molecule has 0 aliphatic carbocycles. The van der Waals surface area contributed by atoms with Crippen LogP contribution in [0.3, 0.4) is 0 Å². The first-order chi connectivity index (χ1) is 19.4. The third kappa shape index (κ3) is 5.40. The largest absolute Gasteiger partial charge is 0.493 e. The van der Waals surface area contributed by atoms with Crippen molar-refractivity contribution in [1.29, 1.82) is 0 Å². The van der Waals surface area contributed by atoms with E-state index in [1.807, 2.05) is 37.3 Å². The van der Waals surface area contributed by atoms with E-state index in [0.717, 1.165) is 28.2 Å².